The second-order valence-electron chi connectivity index (χ2n) is 7.21. The van der Waals surface area contributed by atoms with Crippen molar-refractivity contribution in [2.24, 2.45) is 5.92 Å². The van der Waals surface area contributed by atoms with E-state index in [1.54, 1.807) is 0 Å². The zero-order valence-electron chi connectivity index (χ0n) is 14.7. The minimum atomic E-state index is -1.23. The van der Waals surface area contributed by atoms with Crippen LogP contribution in [0.3, 0.4) is 0 Å². The van der Waals surface area contributed by atoms with Gasteiger partial charge in [0.25, 0.3) is 0 Å². The maximum absolute atomic E-state index is 10.7. The lowest BCUT2D eigenvalue weighted by Crippen LogP contribution is -2.15. The highest BCUT2D eigenvalue weighted by atomic mass is 28.3. The van der Waals surface area contributed by atoms with Crippen LogP contribution in [0.4, 0.5) is 0 Å². The molecule has 0 heterocycles. The minimum absolute atomic E-state index is 0.159. The summed E-state index contributed by atoms with van der Waals surface area (Å²) in [5, 5.41) is 10.7. The van der Waals surface area contributed by atoms with E-state index in [0.717, 1.165) is 12.0 Å². The monoisotopic (exact) mass is 316 g/mol. The average molecular weight is 317 g/mol. The van der Waals surface area contributed by atoms with Crippen LogP contribution < -0.4 is 0 Å². The zero-order valence-corrected chi connectivity index (χ0v) is 15.7. The Bertz CT molecular complexity index is 466. The van der Waals surface area contributed by atoms with Gasteiger partial charge in [-0.3, -0.25) is 0 Å². The topological polar surface area (TPSA) is 20.2 Å². The van der Waals surface area contributed by atoms with E-state index in [9.17, 15) is 5.11 Å². The molecule has 1 unspecified atom stereocenters. The van der Waals surface area contributed by atoms with E-state index < -0.39 is 14.2 Å². The van der Waals surface area contributed by atoms with E-state index in [1.807, 2.05) is 30.3 Å². The van der Waals surface area contributed by atoms with Gasteiger partial charge in [-0.2, -0.15) is 0 Å². The quantitative estimate of drug-likeness (QED) is 0.342. The number of unbranched alkanes of at least 4 members (excludes halogenated alkanes) is 3. The van der Waals surface area contributed by atoms with Crippen LogP contribution in [-0.2, 0) is 0 Å². The predicted molar refractivity (Wildman–Crippen MR) is 99.6 cm³/mol. The molecule has 0 saturated carbocycles. The predicted octanol–water partition coefficient (Wildman–Crippen LogP) is 5.90. The molecule has 2 atom stereocenters. The van der Waals surface area contributed by atoms with Gasteiger partial charge >= 0.3 is 0 Å². The van der Waals surface area contributed by atoms with Crippen molar-refractivity contribution < 1.29 is 5.11 Å². The zero-order chi connectivity index (χ0) is 16.4. The first-order valence-corrected chi connectivity index (χ1v) is 12.2. The molecule has 122 valence electrons. The number of hydrogen-bond acceptors (Lipinski definition) is 1. The molecule has 0 saturated heterocycles. The highest BCUT2D eigenvalue weighted by Crippen LogP contribution is 2.27. The molecule has 22 heavy (non-hydrogen) atoms. The first kappa shape index (κ1) is 19.0. The number of benzene rings is 1. The average Bonchev–Trinajstić information content (AvgIpc) is 2.49. The summed E-state index contributed by atoms with van der Waals surface area (Å²) in [6.45, 7) is 9.14. The number of aliphatic hydroxyl groups is 1. The molecule has 1 N–H and O–H groups in total. The maximum Gasteiger partial charge on any atom is 0.0858 e. The van der Waals surface area contributed by atoms with Crippen LogP contribution in [0.25, 0.3) is 0 Å². The molecule has 1 aromatic rings. The summed E-state index contributed by atoms with van der Waals surface area (Å²) in [4.78, 5) is 0. The first-order chi connectivity index (χ1) is 10.4. The van der Waals surface area contributed by atoms with E-state index in [0.29, 0.717) is 0 Å². The summed E-state index contributed by atoms with van der Waals surface area (Å²) in [7, 11) is -1.23. The standard InChI is InChI=1S/C20H32OSi/c1-5-6-7-9-13-19(16-12-17-22(2,3)4)20(21)18-14-10-8-11-15-18/h8,10-11,14-17,19-21H,5-7,9,13H2,1-4H3/t12?,19-,20?/m1/s1. The Kier molecular flexibility index (Phi) is 8.48. The molecule has 0 bridgehead atoms. The van der Waals surface area contributed by atoms with Crippen LogP contribution in [0.15, 0.2) is 47.8 Å². The van der Waals surface area contributed by atoms with E-state index in [4.69, 9.17) is 0 Å². The van der Waals surface area contributed by atoms with Gasteiger partial charge in [-0.15, -0.1) is 5.73 Å². The second kappa shape index (κ2) is 9.84. The van der Waals surface area contributed by atoms with Crippen molar-refractivity contribution in [2.45, 2.75) is 64.8 Å². The number of hydrogen-bond donors (Lipinski definition) is 1. The molecule has 2 heteroatoms. The van der Waals surface area contributed by atoms with Crippen molar-refractivity contribution in [3.8, 4) is 0 Å². The Morgan fingerprint density at radius 3 is 2.36 bits per heavy atom. The first-order valence-electron chi connectivity index (χ1n) is 8.61. The fourth-order valence-electron chi connectivity index (χ4n) is 2.46. The Morgan fingerprint density at radius 2 is 1.77 bits per heavy atom. The SMILES string of the molecule is CCCCCC[C@H](C=C=C[Si](C)(C)C)C(O)c1ccccc1. The Balaban J connectivity index is 2.79. The van der Waals surface area contributed by atoms with Gasteiger partial charge in [0.05, 0.1) is 14.2 Å². The van der Waals surface area contributed by atoms with E-state index in [1.165, 1.54) is 25.7 Å². The van der Waals surface area contributed by atoms with Crippen molar-refractivity contribution in [1.29, 1.82) is 0 Å². The lowest BCUT2D eigenvalue weighted by molar-refractivity contribution is 0.125. The molecule has 0 aromatic heterocycles. The summed E-state index contributed by atoms with van der Waals surface area (Å²) in [6, 6.07) is 10.0. The smallest absolute Gasteiger partial charge is 0.0858 e. The lowest BCUT2D eigenvalue weighted by atomic mass is 9.90. The summed E-state index contributed by atoms with van der Waals surface area (Å²) in [5.41, 5.74) is 6.60. The van der Waals surface area contributed by atoms with Crippen molar-refractivity contribution in [3.05, 3.63) is 53.4 Å². The Morgan fingerprint density at radius 1 is 1.09 bits per heavy atom. The number of rotatable bonds is 9. The van der Waals surface area contributed by atoms with Crippen LogP contribution >= 0.6 is 0 Å². The third-order valence-electron chi connectivity index (χ3n) is 3.76. The van der Waals surface area contributed by atoms with Crippen LogP contribution in [0, 0.1) is 5.92 Å². The molecule has 0 radical (unpaired) electrons. The molecule has 1 rings (SSSR count). The molecular weight excluding hydrogens is 284 g/mol. The number of aliphatic hydroxyl groups excluding tert-OH is 1. The van der Waals surface area contributed by atoms with Crippen molar-refractivity contribution >= 4 is 8.07 Å². The third kappa shape index (κ3) is 7.79. The van der Waals surface area contributed by atoms with Gasteiger partial charge in [-0.25, -0.2) is 0 Å². The summed E-state index contributed by atoms with van der Waals surface area (Å²) in [5.74, 6) is 0.159. The summed E-state index contributed by atoms with van der Waals surface area (Å²) < 4.78 is 0. The summed E-state index contributed by atoms with van der Waals surface area (Å²) >= 11 is 0. The molecule has 0 aliphatic carbocycles. The van der Waals surface area contributed by atoms with E-state index in [2.05, 4.69) is 44.1 Å². The van der Waals surface area contributed by atoms with Crippen LogP contribution in [-0.4, -0.2) is 13.2 Å². The Hall–Kier alpha value is -1.08. The summed E-state index contributed by atoms with van der Waals surface area (Å²) in [6.07, 6.45) is 7.66. The highest BCUT2D eigenvalue weighted by molar-refractivity contribution is 6.80. The van der Waals surface area contributed by atoms with Crippen LogP contribution in [0.5, 0.6) is 0 Å². The normalized spacial score (nSPS) is 14.0. The molecule has 0 fully saturated rings. The highest BCUT2D eigenvalue weighted by Gasteiger charge is 2.18. The molecule has 1 nitrogen and oxygen atoms in total. The van der Waals surface area contributed by atoms with Gasteiger partial charge in [0, 0.05) is 5.92 Å². The maximum atomic E-state index is 10.7. The van der Waals surface area contributed by atoms with Crippen molar-refractivity contribution in [2.75, 3.05) is 0 Å². The molecular formula is C20H32OSi. The molecule has 0 spiro atoms. The van der Waals surface area contributed by atoms with Gasteiger partial charge in [0.1, 0.15) is 0 Å². The van der Waals surface area contributed by atoms with Gasteiger partial charge in [-0.1, -0.05) is 88.3 Å². The van der Waals surface area contributed by atoms with Crippen molar-refractivity contribution in [3.63, 3.8) is 0 Å². The minimum Gasteiger partial charge on any atom is -0.388 e. The van der Waals surface area contributed by atoms with Gasteiger partial charge in [-0.05, 0) is 18.1 Å². The third-order valence-corrected chi connectivity index (χ3v) is 4.80. The molecule has 0 amide bonds. The van der Waals surface area contributed by atoms with E-state index in [-0.39, 0.29) is 5.92 Å². The van der Waals surface area contributed by atoms with Gasteiger partial charge in [0.15, 0.2) is 0 Å². The van der Waals surface area contributed by atoms with Crippen molar-refractivity contribution in [1.82, 2.24) is 0 Å². The fraction of sp³-hybridized carbons (Fsp3) is 0.550. The van der Waals surface area contributed by atoms with Crippen LogP contribution in [0.1, 0.15) is 50.7 Å². The van der Waals surface area contributed by atoms with Crippen LogP contribution in [0.2, 0.25) is 19.6 Å². The second-order valence-corrected chi connectivity index (χ2v) is 12.2. The molecule has 1 aromatic carbocycles. The largest absolute Gasteiger partial charge is 0.388 e. The molecule has 0 aliphatic heterocycles. The molecule has 0 aliphatic rings. The van der Waals surface area contributed by atoms with E-state index >= 15 is 0 Å². The Labute approximate surface area is 137 Å². The van der Waals surface area contributed by atoms with Gasteiger partial charge in [0.2, 0.25) is 0 Å². The van der Waals surface area contributed by atoms with Gasteiger partial charge < -0.3 is 5.11 Å². The lowest BCUT2D eigenvalue weighted by Gasteiger charge is -2.20. The fourth-order valence-corrected chi connectivity index (χ4v) is 3.05.